The van der Waals surface area contributed by atoms with Crippen LogP contribution in [0.1, 0.15) is 50.5 Å². The minimum Gasteiger partial charge on any atom is -0.368 e. The lowest BCUT2D eigenvalue weighted by molar-refractivity contribution is -0.142. The van der Waals surface area contributed by atoms with Crippen LogP contribution in [0.25, 0.3) is 0 Å². The Kier molecular flexibility index (Phi) is 5.13. The van der Waals surface area contributed by atoms with Gasteiger partial charge in [-0.15, -0.1) is 0 Å². The number of amides is 1. The molecule has 1 unspecified atom stereocenters. The van der Waals surface area contributed by atoms with Gasteiger partial charge in [-0.25, -0.2) is 0 Å². The van der Waals surface area contributed by atoms with E-state index >= 15 is 0 Å². The number of carbonyl (C=O) groups is 1. The van der Waals surface area contributed by atoms with Crippen LogP contribution in [-0.2, 0) is 16.1 Å². The second-order valence-corrected chi connectivity index (χ2v) is 6.69. The molecule has 3 rings (SSSR count). The van der Waals surface area contributed by atoms with E-state index in [9.17, 15) is 4.79 Å². The fraction of sp³-hybridized carbons (Fsp3) is 0.765. The van der Waals surface area contributed by atoms with Crippen LogP contribution in [0.2, 0.25) is 0 Å². The number of ether oxygens (including phenoxy) is 1. The number of aryl methyl sites for hydroxylation is 1. The molecule has 2 fully saturated rings. The van der Waals surface area contributed by atoms with E-state index in [2.05, 4.69) is 5.10 Å². The molecule has 0 bridgehead atoms. The third kappa shape index (κ3) is 3.88. The molecule has 2 aliphatic rings. The lowest BCUT2D eigenvalue weighted by atomic mass is 10.0. The topological polar surface area (TPSA) is 47.4 Å². The van der Waals surface area contributed by atoms with E-state index in [0.29, 0.717) is 6.10 Å². The number of aromatic nitrogens is 2. The van der Waals surface area contributed by atoms with Crippen LogP contribution in [0, 0.1) is 6.92 Å². The van der Waals surface area contributed by atoms with Gasteiger partial charge in [-0.3, -0.25) is 9.48 Å². The van der Waals surface area contributed by atoms with E-state index in [1.54, 1.807) is 0 Å². The van der Waals surface area contributed by atoms with Gasteiger partial charge >= 0.3 is 0 Å². The molecule has 122 valence electrons. The molecule has 1 aliphatic heterocycles. The Morgan fingerprint density at radius 1 is 1.27 bits per heavy atom. The van der Waals surface area contributed by atoms with Crippen LogP contribution in [0.3, 0.4) is 0 Å². The van der Waals surface area contributed by atoms with Crippen molar-refractivity contribution in [3.63, 3.8) is 0 Å². The fourth-order valence-electron chi connectivity index (χ4n) is 3.63. The fourth-order valence-corrected chi connectivity index (χ4v) is 3.63. The van der Waals surface area contributed by atoms with Gasteiger partial charge in [0.05, 0.1) is 24.9 Å². The van der Waals surface area contributed by atoms with Crippen LogP contribution in [0.15, 0.2) is 12.4 Å². The summed E-state index contributed by atoms with van der Waals surface area (Å²) >= 11 is 0. The van der Waals surface area contributed by atoms with Gasteiger partial charge < -0.3 is 9.64 Å². The molecule has 1 aromatic rings. The monoisotopic (exact) mass is 305 g/mol. The first-order valence-electron chi connectivity index (χ1n) is 8.62. The van der Waals surface area contributed by atoms with Crippen molar-refractivity contribution < 1.29 is 9.53 Å². The Labute approximate surface area is 132 Å². The second kappa shape index (κ2) is 7.27. The summed E-state index contributed by atoms with van der Waals surface area (Å²) in [5, 5.41) is 4.36. The molecule has 1 saturated heterocycles. The zero-order valence-corrected chi connectivity index (χ0v) is 13.5. The van der Waals surface area contributed by atoms with Crippen molar-refractivity contribution >= 4 is 5.91 Å². The summed E-state index contributed by atoms with van der Waals surface area (Å²) < 4.78 is 7.77. The highest BCUT2D eigenvalue weighted by Crippen LogP contribution is 2.22. The number of hydrogen-bond acceptors (Lipinski definition) is 3. The number of rotatable bonds is 5. The van der Waals surface area contributed by atoms with Gasteiger partial charge in [0.2, 0.25) is 5.91 Å². The van der Waals surface area contributed by atoms with Crippen LogP contribution >= 0.6 is 0 Å². The van der Waals surface area contributed by atoms with Crippen LogP contribution in [0.5, 0.6) is 0 Å². The molecule has 22 heavy (non-hydrogen) atoms. The molecule has 1 amide bonds. The lowest BCUT2D eigenvalue weighted by Crippen LogP contribution is -2.47. The van der Waals surface area contributed by atoms with Crippen molar-refractivity contribution in [3.8, 4) is 0 Å². The summed E-state index contributed by atoms with van der Waals surface area (Å²) in [6.07, 6.45) is 12.3. The van der Waals surface area contributed by atoms with Gasteiger partial charge in [-0.1, -0.05) is 12.8 Å². The van der Waals surface area contributed by atoms with E-state index in [4.69, 9.17) is 4.74 Å². The standard InChI is InChI=1S/C17H27N3O2/c1-14-10-18-19(11-14)12-15-6-4-5-9-20(15)17(21)13-22-16-7-2-3-8-16/h10-11,15-16H,2-9,12-13H2,1H3. The van der Waals surface area contributed by atoms with Gasteiger partial charge in [0.15, 0.2) is 0 Å². The molecular formula is C17H27N3O2. The minimum absolute atomic E-state index is 0.153. The first kappa shape index (κ1) is 15.5. The van der Waals surface area contributed by atoms with Crippen molar-refractivity contribution in [3.05, 3.63) is 18.0 Å². The van der Waals surface area contributed by atoms with Crippen LogP contribution < -0.4 is 0 Å². The molecule has 0 aromatic carbocycles. The predicted molar refractivity (Wildman–Crippen MR) is 84.5 cm³/mol. The summed E-state index contributed by atoms with van der Waals surface area (Å²) in [7, 11) is 0. The maximum absolute atomic E-state index is 12.5. The van der Waals surface area contributed by atoms with Crippen molar-refractivity contribution in [1.29, 1.82) is 0 Å². The average molecular weight is 305 g/mol. The normalized spacial score (nSPS) is 23.1. The quantitative estimate of drug-likeness (QED) is 0.840. The largest absolute Gasteiger partial charge is 0.368 e. The Morgan fingerprint density at radius 2 is 2.05 bits per heavy atom. The van der Waals surface area contributed by atoms with Gasteiger partial charge in [0.1, 0.15) is 6.61 Å². The molecule has 1 aromatic heterocycles. The maximum atomic E-state index is 12.5. The third-order valence-electron chi connectivity index (χ3n) is 4.85. The number of carbonyl (C=O) groups excluding carboxylic acids is 1. The zero-order valence-electron chi connectivity index (χ0n) is 13.5. The van der Waals surface area contributed by atoms with E-state index in [1.807, 2.05) is 28.9 Å². The molecule has 0 N–H and O–H groups in total. The average Bonchev–Trinajstić information content (AvgIpc) is 3.17. The third-order valence-corrected chi connectivity index (χ3v) is 4.85. The van der Waals surface area contributed by atoms with Crippen molar-refractivity contribution in [1.82, 2.24) is 14.7 Å². The van der Waals surface area contributed by atoms with E-state index in [0.717, 1.165) is 38.8 Å². The summed E-state index contributed by atoms with van der Waals surface area (Å²) in [5.74, 6) is 0.153. The zero-order chi connectivity index (χ0) is 15.4. The van der Waals surface area contributed by atoms with Gasteiger partial charge in [-0.2, -0.15) is 5.10 Å². The van der Waals surface area contributed by atoms with E-state index in [1.165, 1.54) is 24.8 Å². The maximum Gasteiger partial charge on any atom is 0.248 e. The van der Waals surface area contributed by atoms with E-state index < -0.39 is 0 Å². The summed E-state index contributed by atoms with van der Waals surface area (Å²) in [6, 6.07) is 0.257. The molecule has 1 saturated carbocycles. The predicted octanol–water partition coefficient (Wildman–Crippen LogP) is 2.53. The minimum atomic E-state index is 0.153. The molecule has 1 aliphatic carbocycles. The van der Waals surface area contributed by atoms with Gasteiger partial charge in [-0.05, 0) is 44.6 Å². The summed E-state index contributed by atoms with van der Waals surface area (Å²) in [5.41, 5.74) is 1.17. The van der Waals surface area contributed by atoms with E-state index in [-0.39, 0.29) is 18.6 Å². The number of piperidine rings is 1. The molecule has 0 spiro atoms. The SMILES string of the molecule is Cc1cnn(CC2CCCCN2C(=O)COC2CCCC2)c1. The van der Waals surface area contributed by atoms with Crippen molar-refractivity contribution in [2.45, 2.75) is 70.6 Å². The lowest BCUT2D eigenvalue weighted by Gasteiger charge is -2.36. The highest BCUT2D eigenvalue weighted by atomic mass is 16.5. The Hall–Kier alpha value is -1.36. The Balaban J connectivity index is 1.55. The molecule has 5 nitrogen and oxygen atoms in total. The van der Waals surface area contributed by atoms with Crippen LogP contribution in [-0.4, -0.2) is 45.9 Å². The molecule has 1 atom stereocenters. The van der Waals surface area contributed by atoms with Gasteiger partial charge in [0, 0.05) is 12.7 Å². The molecular weight excluding hydrogens is 278 g/mol. The first-order valence-corrected chi connectivity index (χ1v) is 8.62. The molecule has 2 heterocycles. The number of hydrogen-bond donors (Lipinski definition) is 0. The van der Waals surface area contributed by atoms with Crippen LogP contribution in [0.4, 0.5) is 0 Å². The van der Waals surface area contributed by atoms with Crippen molar-refractivity contribution in [2.75, 3.05) is 13.2 Å². The Morgan fingerprint density at radius 3 is 2.77 bits per heavy atom. The smallest absolute Gasteiger partial charge is 0.248 e. The van der Waals surface area contributed by atoms with Gasteiger partial charge in [0.25, 0.3) is 0 Å². The molecule has 0 radical (unpaired) electrons. The summed E-state index contributed by atoms with van der Waals surface area (Å²) in [6.45, 7) is 3.95. The number of nitrogens with zero attached hydrogens (tertiary/aromatic N) is 3. The highest BCUT2D eigenvalue weighted by molar-refractivity contribution is 5.77. The first-order chi connectivity index (χ1) is 10.7. The number of likely N-dealkylation sites (tertiary alicyclic amines) is 1. The Bertz CT molecular complexity index is 494. The van der Waals surface area contributed by atoms with Crippen molar-refractivity contribution in [2.24, 2.45) is 0 Å². The highest BCUT2D eigenvalue weighted by Gasteiger charge is 2.28. The summed E-state index contributed by atoms with van der Waals surface area (Å²) in [4.78, 5) is 14.6. The second-order valence-electron chi connectivity index (χ2n) is 6.69. The molecule has 5 heteroatoms.